The van der Waals surface area contributed by atoms with Crippen molar-refractivity contribution in [2.75, 3.05) is 20.2 Å². The van der Waals surface area contributed by atoms with Crippen LogP contribution in [0.2, 0.25) is 0 Å². The maximum atomic E-state index is 11.7. The number of hydrogen-bond acceptors (Lipinski definition) is 7. The minimum absolute atomic E-state index is 0.179. The maximum absolute atomic E-state index is 11.7. The molecule has 1 atom stereocenters. The monoisotopic (exact) mass is 336 g/mol. The number of methoxy groups -OCH3 is 1. The molecule has 0 saturated carbocycles. The van der Waals surface area contributed by atoms with Crippen molar-refractivity contribution >= 4 is 11.8 Å². The van der Waals surface area contributed by atoms with Crippen LogP contribution >= 0.6 is 11.8 Å². The van der Waals surface area contributed by atoms with Gasteiger partial charge in [-0.05, 0) is 19.4 Å². The number of ether oxygens (including phenoxy) is 1. The van der Waals surface area contributed by atoms with Gasteiger partial charge in [-0.25, -0.2) is 0 Å². The van der Waals surface area contributed by atoms with Crippen LogP contribution in [0.15, 0.2) is 26.7 Å². The summed E-state index contributed by atoms with van der Waals surface area (Å²) in [6.45, 7) is 2.02. The Morgan fingerprint density at radius 3 is 3.09 bits per heavy atom. The predicted molar refractivity (Wildman–Crippen MR) is 86.9 cm³/mol. The minimum atomic E-state index is -0.179. The van der Waals surface area contributed by atoms with Gasteiger partial charge in [0.05, 0.1) is 12.9 Å². The molecule has 1 unspecified atom stereocenters. The van der Waals surface area contributed by atoms with Gasteiger partial charge in [0, 0.05) is 25.6 Å². The van der Waals surface area contributed by atoms with Crippen molar-refractivity contribution in [1.29, 1.82) is 0 Å². The topological polar surface area (TPSA) is 82.2 Å². The fourth-order valence-corrected chi connectivity index (χ4v) is 3.49. The quantitative estimate of drug-likeness (QED) is 0.829. The summed E-state index contributed by atoms with van der Waals surface area (Å²) in [7, 11) is 3.43. The van der Waals surface area contributed by atoms with Crippen LogP contribution in [0.3, 0.4) is 0 Å². The predicted octanol–water partition coefficient (Wildman–Crippen LogP) is 1.54. The Morgan fingerprint density at radius 2 is 2.39 bits per heavy atom. The zero-order chi connectivity index (χ0) is 16.2. The second kappa shape index (κ2) is 7.18. The van der Waals surface area contributed by atoms with E-state index in [-0.39, 0.29) is 11.2 Å². The van der Waals surface area contributed by atoms with E-state index in [9.17, 15) is 4.79 Å². The zero-order valence-corrected chi connectivity index (χ0v) is 14.1. The lowest BCUT2D eigenvalue weighted by Crippen LogP contribution is -2.29. The van der Waals surface area contributed by atoms with Crippen molar-refractivity contribution in [2.45, 2.75) is 29.7 Å². The first-order valence-electron chi connectivity index (χ1n) is 7.57. The average molecular weight is 336 g/mol. The van der Waals surface area contributed by atoms with Crippen LogP contribution in [0, 0.1) is 0 Å². The molecule has 3 rings (SSSR count). The van der Waals surface area contributed by atoms with Crippen molar-refractivity contribution in [3.63, 3.8) is 0 Å². The molecule has 124 valence electrons. The van der Waals surface area contributed by atoms with Crippen molar-refractivity contribution in [1.82, 2.24) is 20.1 Å². The molecular formula is C15H20N4O3S. The second-order valence-electron chi connectivity index (χ2n) is 5.51. The molecule has 3 heterocycles. The summed E-state index contributed by atoms with van der Waals surface area (Å²) >= 11 is 1.50. The van der Waals surface area contributed by atoms with Gasteiger partial charge in [0.2, 0.25) is 11.2 Å². The van der Waals surface area contributed by atoms with Crippen LogP contribution in [0.4, 0.5) is 0 Å². The van der Waals surface area contributed by atoms with E-state index in [1.54, 1.807) is 0 Å². The first-order valence-corrected chi connectivity index (χ1v) is 8.56. The lowest BCUT2D eigenvalue weighted by Gasteiger charge is -2.21. The van der Waals surface area contributed by atoms with Crippen LogP contribution < -0.4 is 15.5 Å². The number of thioether (sulfide) groups is 1. The molecule has 23 heavy (non-hydrogen) atoms. The molecule has 0 aromatic carbocycles. The smallest absolute Gasteiger partial charge is 0.227 e. The van der Waals surface area contributed by atoms with Gasteiger partial charge in [-0.15, -0.1) is 10.2 Å². The summed E-state index contributed by atoms with van der Waals surface area (Å²) in [6, 6.07) is 1.45. The third-order valence-electron chi connectivity index (χ3n) is 3.95. The summed E-state index contributed by atoms with van der Waals surface area (Å²) in [5.74, 6) is 2.74. The fraction of sp³-hybridized carbons (Fsp3) is 0.533. The van der Waals surface area contributed by atoms with Gasteiger partial charge >= 0.3 is 0 Å². The standard InChI is InChI=1S/C15H20N4O3S/c1-19-14(10-4-3-5-16-7-10)17-18-15(19)23-9-11-6-12(20)13(21-2)8-22-11/h6,8,10,16H,3-5,7,9H2,1-2H3. The molecular weight excluding hydrogens is 316 g/mol. The first kappa shape index (κ1) is 16.1. The molecule has 1 saturated heterocycles. The number of nitrogens with zero attached hydrogens (tertiary/aromatic N) is 3. The normalized spacial score (nSPS) is 18.1. The van der Waals surface area contributed by atoms with Gasteiger partial charge in [-0.3, -0.25) is 4.79 Å². The Kier molecular flexibility index (Phi) is 5.02. The van der Waals surface area contributed by atoms with Gasteiger partial charge in [0.15, 0.2) is 5.16 Å². The highest BCUT2D eigenvalue weighted by Gasteiger charge is 2.21. The highest BCUT2D eigenvalue weighted by Crippen LogP contribution is 2.26. The largest absolute Gasteiger partial charge is 0.490 e. The highest BCUT2D eigenvalue weighted by molar-refractivity contribution is 7.98. The molecule has 1 aliphatic rings. The molecule has 7 nitrogen and oxygen atoms in total. The van der Waals surface area contributed by atoms with Crippen molar-refractivity contribution < 1.29 is 9.15 Å². The molecule has 0 amide bonds. The highest BCUT2D eigenvalue weighted by atomic mass is 32.2. The molecule has 0 radical (unpaired) electrons. The third kappa shape index (κ3) is 3.59. The number of aromatic nitrogens is 3. The lowest BCUT2D eigenvalue weighted by molar-refractivity contribution is 0.381. The summed E-state index contributed by atoms with van der Waals surface area (Å²) < 4.78 is 12.3. The molecule has 2 aromatic heterocycles. The third-order valence-corrected chi connectivity index (χ3v) is 4.99. The molecule has 2 aromatic rings. The number of rotatable bonds is 5. The lowest BCUT2D eigenvalue weighted by atomic mass is 9.99. The van der Waals surface area contributed by atoms with Crippen LogP contribution in [0.25, 0.3) is 0 Å². The Hall–Kier alpha value is -1.80. The van der Waals surface area contributed by atoms with E-state index in [1.807, 2.05) is 11.6 Å². The van der Waals surface area contributed by atoms with E-state index >= 15 is 0 Å². The average Bonchev–Trinajstić information content (AvgIpc) is 2.94. The zero-order valence-electron chi connectivity index (χ0n) is 13.2. The van der Waals surface area contributed by atoms with Crippen LogP contribution in [-0.4, -0.2) is 35.0 Å². The molecule has 1 N–H and O–H groups in total. The van der Waals surface area contributed by atoms with E-state index in [4.69, 9.17) is 9.15 Å². The van der Waals surface area contributed by atoms with Crippen molar-refractivity contribution in [2.24, 2.45) is 7.05 Å². The first-order chi connectivity index (χ1) is 11.2. The molecule has 0 bridgehead atoms. The summed E-state index contributed by atoms with van der Waals surface area (Å²) in [5.41, 5.74) is -0.179. The van der Waals surface area contributed by atoms with Gasteiger partial charge in [0.1, 0.15) is 17.8 Å². The molecule has 8 heteroatoms. The van der Waals surface area contributed by atoms with Crippen molar-refractivity contribution in [3.8, 4) is 5.75 Å². The molecule has 1 aliphatic heterocycles. The van der Waals surface area contributed by atoms with E-state index in [1.165, 1.54) is 31.2 Å². The van der Waals surface area contributed by atoms with E-state index in [0.717, 1.165) is 36.9 Å². The van der Waals surface area contributed by atoms with E-state index in [0.29, 0.717) is 17.4 Å². The fourth-order valence-electron chi connectivity index (χ4n) is 2.68. The van der Waals surface area contributed by atoms with Gasteiger partial charge in [0.25, 0.3) is 0 Å². The Bertz CT molecular complexity index is 722. The van der Waals surface area contributed by atoms with Gasteiger partial charge in [-0.2, -0.15) is 0 Å². The van der Waals surface area contributed by atoms with Gasteiger partial charge < -0.3 is 19.0 Å². The van der Waals surface area contributed by atoms with E-state index < -0.39 is 0 Å². The summed E-state index contributed by atoms with van der Waals surface area (Å²) in [4.78, 5) is 11.7. The summed E-state index contributed by atoms with van der Waals surface area (Å²) in [6.07, 6.45) is 3.64. The Balaban J connectivity index is 1.68. The maximum Gasteiger partial charge on any atom is 0.227 e. The Morgan fingerprint density at radius 1 is 1.52 bits per heavy atom. The minimum Gasteiger partial charge on any atom is -0.490 e. The van der Waals surface area contributed by atoms with Crippen molar-refractivity contribution in [3.05, 3.63) is 34.1 Å². The summed E-state index contributed by atoms with van der Waals surface area (Å²) in [5, 5.41) is 12.8. The van der Waals surface area contributed by atoms with E-state index in [2.05, 4.69) is 15.5 Å². The number of piperidine rings is 1. The molecule has 0 aliphatic carbocycles. The van der Waals surface area contributed by atoms with Crippen LogP contribution in [0.5, 0.6) is 5.75 Å². The SMILES string of the molecule is COc1coc(CSc2nnc(C3CCCNC3)n2C)cc1=O. The van der Waals surface area contributed by atoms with Gasteiger partial charge in [-0.1, -0.05) is 11.8 Å². The number of nitrogens with one attached hydrogen (secondary N) is 1. The second-order valence-corrected chi connectivity index (χ2v) is 6.45. The Labute approximate surface area is 138 Å². The van der Waals surface area contributed by atoms with Crippen LogP contribution in [0.1, 0.15) is 30.3 Å². The van der Waals surface area contributed by atoms with Crippen LogP contribution in [-0.2, 0) is 12.8 Å². The molecule has 0 spiro atoms. The molecule has 1 fully saturated rings. The number of hydrogen-bond donors (Lipinski definition) is 1.